The van der Waals surface area contributed by atoms with E-state index in [1.165, 1.54) is 5.56 Å². The van der Waals surface area contributed by atoms with E-state index >= 15 is 0 Å². The summed E-state index contributed by atoms with van der Waals surface area (Å²) in [5.41, 5.74) is 3.67. The first kappa shape index (κ1) is 20.3. The van der Waals surface area contributed by atoms with Gasteiger partial charge in [-0.3, -0.25) is 4.79 Å². The smallest absolute Gasteiger partial charge is 0.271 e. The number of methoxy groups -OCH3 is 1. The molecule has 3 rings (SSSR count). The van der Waals surface area contributed by atoms with Crippen LogP contribution in [0.2, 0.25) is 0 Å². The zero-order valence-electron chi connectivity index (χ0n) is 17.1. The second-order valence-corrected chi connectivity index (χ2v) is 6.71. The number of carbonyl (C=O) groups is 1. The summed E-state index contributed by atoms with van der Waals surface area (Å²) in [5, 5.41) is 11.3. The number of rotatable bonds is 8. The molecular weight excluding hydrogens is 364 g/mol. The molecule has 29 heavy (non-hydrogen) atoms. The monoisotopic (exact) mass is 390 g/mol. The molecule has 0 saturated carbocycles. The number of aryl methyl sites for hydroxylation is 1. The molecule has 0 aliphatic rings. The van der Waals surface area contributed by atoms with Crippen molar-refractivity contribution in [1.82, 2.24) is 15.5 Å². The Hall–Kier alpha value is -3.41. The Kier molecular flexibility index (Phi) is 6.79. The number of carbonyl (C=O) groups excluding carboxylic acids is 1. The minimum absolute atomic E-state index is 0.226. The van der Waals surface area contributed by atoms with E-state index in [1.807, 2.05) is 42.5 Å². The summed E-state index contributed by atoms with van der Waals surface area (Å²) >= 11 is 0. The molecule has 0 bridgehead atoms. The maximum Gasteiger partial charge on any atom is 0.271 e. The van der Waals surface area contributed by atoms with Crippen molar-refractivity contribution in [3.63, 3.8) is 0 Å². The van der Waals surface area contributed by atoms with Crippen LogP contribution < -0.4 is 15.0 Å². The van der Waals surface area contributed by atoms with Crippen LogP contribution in [0.4, 0.5) is 11.5 Å². The van der Waals surface area contributed by atoms with Gasteiger partial charge in [-0.15, -0.1) is 10.2 Å². The largest absolute Gasteiger partial charge is 0.497 e. The van der Waals surface area contributed by atoms with Crippen LogP contribution >= 0.6 is 0 Å². The summed E-state index contributed by atoms with van der Waals surface area (Å²) in [7, 11) is 1.64. The Morgan fingerprint density at radius 1 is 1.07 bits per heavy atom. The molecule has 1 N–H and O–H groups in total. The van der Waals surface area contributed by atoms with E-state index in [0.29, 0.717) is 18.1 Å². The highest BCUT2D eigenvalue weighted by Crippen LogP contribution is 2.23. The third-order valence-corrected chi connectivity index (χ3v) is 4.65. The fraction of sp³-hybridized carbons (Fsp3) is 0.261. The lowest BCUT2D eigenvalue weighted by Gasteiger charge is -2.22. The predicted molar refractivity (Wildman–Crippen MR) is 115 cm³/mol. The second-order valence-electron chi connectivity index (χ2n) is 6.71. The van der Waals surface area contributed by atoms with Gasteiger partial charge in [-0.2, -0.15) is 0 Å². The highest BCUT2D eigenvalue weighted by atomic mass is 16.5. The standard InChI is InChI=1S/C23H26N4O2/c1-4-27(19-7-5-6-17(2)16-19)22-13-12-21(25-26-22)23(28)24-15-14-18-8-10-20(29-3)11-9-18/h5-13,16H,4,14-15H2,1-3H3,(H,24,28). The Morgan fingerprint density at radius 3 is 2.48 bits per heavy atom. The number of amides is 1. The van der Waals surface area contributed by atoms with E-state index in [-0.39, 0.29) is 5.91 Å². The lowest BCUT2D eigenvalue weighted by molar-refractivity contribution is 0.0948. The third kappa shape index (κ3) is 5.31. The molecule has 0 spiro atoms. The van der Waals surface area contributed by atoms with Gasteiger partial charge >= 0.3 is 0 Å². The summed E-state index contributed by atoms with van der Waals surface area (Å²) in [6.45, 7) is 5.40. The Balaban J connectivity index is 1.59. The Morgan fingerprint density at radius 2 is 1.86 bits per heavy atom. The van der Waals surface area contributed by atoms with Gasteiger partial charge in [0.2, 0.25) is 0 Å². The molecular formula is C23H26N4O2. The zero-order chi connectivity index (χ0) is 20.6. The number of nitrogens with one attached hydrogen (secondary N) is 1. The maximum absolute atomic E-state index is 12.4. The van der Waals surface area contributed by atoms with E-state index in [9.17, 15) is 4.79 Å². The first-order valence-electron chi connectivity index (χ1n) is 9.69. The number of nitrogens with zero attached hydrogens (tertiary/aromatic N) is 3. The molecule has 0 fully saturated rings. The summed E-state index contributed by atoms with van der Waals surface area (Å²) in [5.74, 6) is 1.31. The molecule has 1 aromatic heterocycles. The third-order valence-electron chi connectivity index (χ3n) is 4.65. The van der Waals surface area contributed by atoms with Crippen LogP contribution in [-0.4, -0.2) is 36.3 Å². The van der Waals surface area contributed by atoms with Crippen molar-refractivity contribution >= 4 is 17.4 Å². The van der Waals surface area contributed by atoms with Crippen molar-refractivity contribution in [3.05, 3.63) is 77.5 Å². The quantitative estimate of drug-likeness (QED) is 0.631. The number of ether oxygens (including phenoxy) is 1. The van der Waals surface area contributed by atoms with Gasteiger partial charge in [-0.05, 0) is 67.8 Å². The van der Waals surface area contributed by atoms with E-state index < -0.39 is 0 Å². The van der Waals surface area contributed by atoms with Crippen LogP contribution in [0.5, 0.6) is 5.75 Å². The van der Waals surface area contributed by atoms with E-state index in [1.54, 1.807) is 13.2 Å². The molecule has 0 aliphatic heterocycles. The van der Waals surface area contributed by atoms with Crippen molar-refractivity contribution in [2.75, 3.05) is 25.1 Å². The summed E-state index contributed by atoms with van der Waals surface area (Å²) < 4.78 is 5.15. The average molecular weight is 390 g/mol. The van der Waals surface area contributed by atoms with Crippen molar-refractivity contribution in [1.29, 1.82) is 0 Å². The molecule has 0 saturated heterocycles. The molecule has 0 radical (unpaired) electrons. The van der Waals surface area contributed by atoms with Crippen LogP contribution in [-0.2, 0) is 6.42 Å². The molecule has 6 heteroatoms. The van der Waals surface area contributed by atoms with Gasteiger partial charge in [0.25, 0.3) is 5.91 Å². The molecule has 3 aromatic rings. The Bertz CT molecular complexity index is 940. The average Bonchev–Trinajstić information content (AvgIpc) is 2.75. The van der Waals surface area contributed by atoms with Crippen LogP contribution in [0.3, 0.4) is 0 Å². The number of aromatic nitrogens is 2. The minimum Gasteiger partial charge on any atom is -0.497 e. The topological polar surface area (TPSA) is 67.4 Å². The van der Waals surface area contributed by atoms with Crippen molar-refractivity contribution in [3.8, 4) is 5.75 Å². The van der Waals surface area contributed by atoms with E-state index in [0.717, 1.165) is 30.0 Å². The van der Waals surface area contributed by atoms with E-state index in [2.05, 4.69) is 46.4 Å². The second kappa shape index (κ2) is 9.68. The normalized spacial score (nSPS) is 10.4. The molecule has 0 atom stereocenters. The van der Waals surface area contributed by atoms with Crippen molar-refractivity contribution < 1.29 is 9.53 Å². The van der Waals surface area contributed by atoms with Gasteiger partial charge in [0.15, 0.2) is 11.5 Å². The van der Waals surface area contributed by atoms with Crippen LogP contribution in [0.25, 0.3) is 0 Å². The van der Waals surface area contributed by atoms with Gasteiger partial charge in [-0.25, -0.2) is 0 Å². The fourth-order valence-electron chi connectivity index (χ4n) is 3.07. The SMILES string of the molecule is CCN(c1cccc(C)c1)c1ccc(C(=O)NCCc2ccc(OC)cc2)nn1. The first-order valence-corrected chi connectivity index (χ1v) is 9.69. The van der Waals surface area contributed by atoms with Crippen LogP contribution in [0.1, 0.15) is 28.5 Å². The van der Waals surface area contributed by atoms with Crippen molar-refractivity contribution in [2.45, 2.75) is 20.3 Å². The lowest BCUT2D eigenvalue weighted by atomic mass is 10.1. The molecule has 1 heterocycles. The highest BCUT2D eigenvalue weighted by molar-refractivity contribution is 5.92. The zero-order valence-corrected chi connectivity index (χ0v) is 17.1. The molecule has 6 nitrogen and oxygen atoms in total. The highest BCUT2D eigenvalue weighted by Gasteiger charge is 2.12. The summed E-state index contributed by atoms with van der Waals surface area (Å²) in [6.07, 6.45) is 0.734. The minimum atomic E-state index is -0.226. The van der Waals surface area contributed by atoms with Gasteiger partial charge in [0, 0.05) is 18.8 Å². The van der Waals surface area contributed by atoms with Crippen LogP contribution in [0, 0.1) is 6.92 Å². The van der Waals surface area contributed by atoms with Crippen molar-refractivity contribution in [2.24, 2.45) is 0 Å². The molecule has 1 amide bonds. The lowest BCUT2D eigenvalue weighted by Crippen LogP contribution is -2.27. The van der Waals surface area contributed by atoms with Gasteiger partial charge in [0.05, 0.1) is 7.11 Å². The number of anilines is 2. The molecule has 150 valence electrons. The first-order chi connectivity index (χ1) is 14.1. The number of benzene rings is 2. The number of hydrogen-bond acceptors (Lipinski definition) is 5. The summed E-state index contributed by atoms with van der Waals surface area (Å²) in [4.78, 5) is 14.4. The van der Waals surface area contributed by atoms with Gasteiger partial charge in [0.1, 0.15) is 5.75 Å². The Labute approximate surface area is 171 Å². The van der Waals surface area contributed by atoms with E-state index in [4.69, 9.17) is 4.74 Å². The number of hydrogen-bond donors (Lipinski definition) is 1. The van der Waals surface area contributed by atoms with Gasteiger partial charge < -0.3 is 15.0 Å². The molecule has 0 aliphatic carbocycles. The molecule has 0 unspecified atom stereocenters. The van der Waals surface area contributed by atoms with Crippen LogP contribution in [0.15, 0.2) is 60.7 Å². The maximum atomic E-state index is 12.4. The molecule has 2 aromatic carbocycles. The predicted octanol–water partition coefficient (Wildman–Crippen LogP) is 3.92. The summed E-state index contributed by atoms with van der Waals surface area (Å²) in [6, 6.07) is 19.6. The fourth-order valence-corrected chi connectivity index (χ4v) is 3.07. The van der Waals surface area contributed by atoms with Gasteiger partial charge in [-0.1, -0.05) is 24.3 Å².